The molecular weight excluding hydrogens is 233 g/mol. The molecule has 0 radical (unpaired) electrons. The Labute approximate surface area is 107 Å². The number of rotatable bonds is 6. The van der Waals surface area contributed by atoms with Crippen molar-refractivity contribution in [3.05, 3.63) is 29.6 Å². The number of hydrogen-bond acceptors (Lipinski definition) is 3. The molecule has 0 fully saturated rings. The first-order chi connectivity index (χ1) is 8.40. The molecule has 0 aliphatic rings. The van der Waals surface area contributed by atoms with Gasteiger partial charge >= 0.3 is 0 Å². The first-order valence-corrected chi connectivity index (χ1v) is 5.91. The number of halogens is 1. The quantitative estimate of drug-likeness (QED) is 0.802. The predicted octanol–water partition coefficient (Wildman–Crippen LogP) is 1.25. The Morgan fingerprint density at radius 1 is 1.50 bits per heavy atom. The topological polar surface area (TPSA) is 58.4 Å². The first kappa shape index (κ1) is 14.4. The van der Waals surface area contributed by atoms with Gasteiger partial charge in [0.25, 0.3) is 0 Å². The fraction of sp³-hybridized carbons (Fsp3) is 0.462. The smallest absolute Gasteiger partial charge is 0.236 e. The monoisotopic (exact) mass is 253 g/mol. The van der Waals surface area contributed by atoms with Gasteiger partial charge in [-0.15, -0.1) is 0 Å². The van der Waals surface area contributed by atoms with E-state index in [0.29, 0.717) is 18.3 Å². The SMILES string of the molecule is CC(C)NCc1ccc(N(C)CC(N)=O)c(F)c1. The van der Waals surface area contributed by atoms with Crippen molar-refractivity contribution in [2.45, 2.75) is 26.4 Å². The molecule has 0 saturated carbocycles. The summed E-state index contributed by atoms with van der Waals surface area (Å²) in [6, 6.07) is 5.33. The minimum absolute atomic E-state index is 0.000507. The molecule has 0 aliphatic carbocycles. The van der Waals surface area contributed by atoms with E-state index in [2.05, 4.69) is 5.32 Å². The van der Waals surface area contributed by atoms with Gasteiger partial charge in [-0.3, -0.25) is 4.79 Å². The molecule has 1 amide bonds. The van der Waals surface area contributed by atoms with Crippen molar-refractivity contribution in [2.75, 3.05) is 18.5 Å². The third-order valence-electron chi connectivity index (χ3n) is 2.53. The van der Waals surface area contributed by atoms with Gasteiger partial charge in [0.1, 0.15) is 5.82 Å². The zero-order chi connectivity index (χ0) is 13.7. The van der Waals surface area contributed by atoms with Crippen LogP contribution in [-0.4, -0.2) is 25.5 Å². The average molecular weight is 253 g/mol. The van der Waals surface area contributed by atoms with Crippen LogP contribution in [0.5, 0.6) is 0 Å². The minimum atomic E-state index is -0.484. The fourth-order valence-electron chi connectivity index (χ4n) is 1.61. The molecule has 1 aromatic rings. The Morgan fingerprint density at radius 2 is 2.17 bits per heavy atom. The highest BCUT2D eigenvalue weighted by molar-refractivity contribution is 5.79. The van der Waals surface area contributed by atoms with Crippen LogP contribution in [0.4, 0.5) is 10.1 Å². The summed E-state index contributed by atoms with van der Waals surface area (Å²) >= 11 is 0. The number of nitrogens with zero attached hydrogens (tertiary/aromatic N) is 1. The number of amides is 1. The Balaban J connectivity index is 2.75. The van der Waals surface area contributed by atoms with Gasteiger partial charge in [-0.05, 0) is 17.7 Å². The van der Waals surface area contributed by atoms with Crippen LogP contribution >= 0.6 is 0 Å². The minimum Gasteiger partial charge on any atom is -0.368 e. The number of likely N-dealkylation sites (N-methyl/N-ethyl adjacent to an activating group) is 1. The summed E-state index contributed by atoms with van der Waals surface area (Å²) in [6.45, 7) is 4.69. The Hall–Kier alpha value is -1.62. The van der Waals surface area contributed by atoms with Crippen molar-refractivity contribution in [1.82, 2.24) is 5.32 Å². The summed E-state index contributed by atoms with van der Waals surface area (Å²) in [6.07, 6.45) is 0. The summed E-state index contributed by atoms with van der Waals surface area (Å²) in [5.74, 6) is -0.829. The first-order valence-electron chi connectivity index (χ1n) is 5.91. The van der Waals surface area contributed by atoms with E-state index in [9.17, 15) is 9.18 Å². The third kappa shape index (κ3) is 4.33. The molecule has 0 atom stereocenters. The highest BCUT2D eigenvalue weighted by atomic mass is 19.1. The lowest BCUT2D eigenvalue weighted by atomic mass is 10.1. The lowest BCUT2D eigenvalue weighted by molar-refractivity contribution is -0.116. The lowest BCUT2D eigenvalue weighted by Gasteiger charge is -2.18. The van der Waals surface area contributed by atoms with Crippen LogP contribution in [0.25, 0.3) is 0 Å². The molecule has 1 rings (SSSR count). The van der Waals surface area contributed by atoms with Gasteiger partial charge in [-0.1, -0.05) is 19.9 Å². The fourth-order valence-corrected chi connectivity index (χ4v) is 1.61. The molecular formula is C13H20FN3O. The second-order valence-electron chi connectivity index (χ2n) is 4.64. The largest absolute Gasteiger partial charge is 0.368 e. The highest BCUT2D eigenvalue weighted by Gasteiger charge is 2.10. The van der Waals surface area contributed by atoms with Gasteiger partial charge in [-0.2, -0.15) is 0 Å². The average Bonchev–Trinajstić information content (AvgIpc) is 2.25. The van der Waals surface area contributed by atoms with Crippen molar-refractivity contribution in [1.29, 1.82) is 0 Å². The number of carbonyl (C=O) groups is 1. The van der Waals surface area contributed by atoms with E-state index in [0.717, 1.165) is 5.56 Å². The number of anilines is 1. The van der Waals surface area contributed by atoms with Gasteiger partial charge in [-0.25, -0.2) is 4.39 Å². The summed E-state index contributed by atoms with van der Waals surface area (Å²) < 4.78 is 13.9. The number of nitrogens with two attached hydrogens (primary N) is 1. The Bertz CT molecular complexity index is 421. The molecule has 3 N–H and O–H groups in total. The summed E-state index contributed by atoms with van der Waals surface area (Å²) in [5, 5.41) is 3.22. The zero-order valence-corrected chi connectivity index (χ0v) is 11.0. The van der Waals surface area contributed by atoms with Gasteiger partial charge < -0.3 is 16.0 Å². The van der Waals surface area contributed by atoms with Crippen molar-refractivity contribution in [3.63, 3.8) is 0 Å². The Morgan fingerprint density at radius 3 is 2.67 bits per heavy atom. The van der Waals surface area contributed by atoms with E-state index in [1.54, 1.807) is 13.1 Å². The van der Waals surface area contributed by atoms with Gasteiger partial charge in [0.15, 0.2) is 0 Å². The van der Waals surface area contributed by atoms with Gasteiger partial charge in [0, 0.05) is 19.6 Å². The van der Waals surface area contributed by atoms with Crippen molar-refractivity contribution in [2.24, 2.45) is 5.73 Å². The van der Waals surface area contributed by atoms with Crippen LogP contribution in [0.3, 0.4) is 0 Å². The molecule has 0 bridgehead atoms. The summed E-state index contributed by atoms with van der Waals surface area (Å²) in [4.78, 5) is 12.3. The lowest BCUT2D eigenvalue weighted by Crippen LogP contribution is -2.31. The van der Waals surface area contributed by atoms with Crippen LogP contribution in [-0.2, 0) is 11.3 Å². The van der Waals surface area contributed by atoms with E-state index in [1.807, 2.05) is 19.9 Å². The van der Waals surface area contributed by atoms with Crippen LogP contribution in [0.15, 0.2) is 18.2 Å². The van der Waals surface area contributed by atoms with Crippen LogP contribution in [0.1, 0.15) is 19.4 Å². The van der Waals surface area contributed by atoms with E-state index in [1.165, 1.54) is 11.0 Å². The molecule has 4 nitrogen and oxygen atoms in total. The molecule has 0 aromatic heterocycles. The maximum Gasteiger partial charge on any atom is 0.236 e. The Kier molecular flexibility index (Phi) is 5.09. The van der Waals surface area contributed by atoms with E-state index in [-0.39, 0.29) is 12.4 Å². The van der Waals surface area contributed by atoms with Crippen LogP contribution in [0, 0.1) is 5.82 Å². The third-order valence-corrected chi connectivity index (χ3v) is 2.53. The number of carbonyl (C=O) groups excluding carboxylic acids is 1. The van der Waals surface area contributed by atoms with Gasteiger partial charge in [0.05, 0.1) is 12.2 Å². The second kappa shape index (κ2) is 6.35. The van der Waals surface area contributed by atoms with E-state index < -0.39 is 5.91 Å². The normalized spacial score (nSPS) is 10.7. The molecule has 0 spiro atoms. The zero-order valence-electron chi connectivity index (χ0n) is 11.0. The molecule has 5 heteroatoms. The second-order valence-corrected chi connectivity index (χ2v) is 4.64. The standard InChI is InChI=1S/C13H20FN3O/c1-9(2)16-7-10-4-5-12(11(14)6-10)17(3)8-13(15)18/h4-6,9,16H,7-8H2,1-3H3,(H2,15,18). The molecule has 100 valence electrons. The predicted molar refractivity (Wildman–Crippen MR) is 70.8 cm³/mol. The maximum atomic E-state index is 13.9. The van der Waals surface area contributed by atoms with E-state index >= 15 is 0 Å². The number of nitrogens with one attached hydrogen (secondary N) is 1. The number of primary amides is 1. The maximum absolute atomic E-state index is 13.9. The number of benzene rings is 1. The van der Waals surface area contributed by atoms with Crippen molar-refractivity contribution in [3.8, 4) is 0 Å². The van der Waals surface area contributed by atoms with Crippen LogP contribution < -0.4 is 16.0 Å². The van der Waals surface area contributed by atoms with Crippen molar-refractivity contribution >= 4 is 11.6 Å². The highest BCUT2D eigenvalue weighted by Crippen LogP contribution is 2.19. The van der Waals surface area contributed by atoms with Crippen molar-refractivity contribution < 1.29 is 9.18 Å². The molecule has 0 unspecified atom stereocenters. The molecule has 0 saturated heterocycles. The molecule has 1 aromatic carbocycles. The summed E-state index contributed by atoms with van der Waals surface area (Å²) in [5.41, 5.74) is 6.33. The molecule has 18 heavy (non-hydrogen) atoms. The molecule has 0 heterocycles. The number of hydrogen-bond donors (Lipinski definition) is 2. The summed E-state index contributed by atoms with van der Waals surface area (Å²) in [7, 11) is 1.63. The molecule has 0 aliphatic heterocycles. The van der Waals surface area contributed by atoms with E-state index in [4.69, 9.17) is 5.73 Å². The van der Waals surface area contributed by atoms with Gasteiger partial charge in [0.2, 0.25) is 5.91 Å². The van der Waals surface area contributed by atoms with Crippen LogP contribution in [0.2, 0.25) is 0 Å².